The Labute approximate surface area is 232 Å². The number of fused-ring (bicyclic) bond motifs is 1. The summed E-state index contributed by atoms with van der Waals surface area (Å²) in [6.07, 6.45) is 4.99. The first-order valence-corrected chi connectivity index (χ1v) is 13.1. The van der Waals surface area contributed by atoms with Crippen LogP contribution in [0.2, 0.25) is 5.02 Å². The van der Waals surface area contributed by atoms with E-state index in [1.807, 2.05) is 13.1 Å². The molecule has 1 fully saturated rings. The maximum Gasteiger partial charge on any atom is 0.141 e. The summed E-state index contributed by atoms with van der Waals surface area (Å²) in [7, 11) is 6.18. The lowest BCUT2D eigenvalue weighted by molar-refractivity contribution is 0.229. The number of nitrogens with one attached hydrogen (secondary N) is 2. The standard InChI is InChI=1S/C28H31ClFN9/c1-36(2)6-7-38-8-10-39(11-9-38)26-14-24-21(13-25(26)37(3)27-17-32-18-34-27)28(19(15-31)16-33-24)35-20-4-5-23(30)22(29)12-20/h4-5,12-14,16-18H,6-11H2,1-3H3,(H,32,34)(H,33,35). The largest absolute Gasteiger partial charge is 0.367 e. The number of imidazole rings is 1. The summed E-state index contributed by atoms with van der Waals surface area (Å²) in [5, 5.41) is 13.9. The van der Waals surface area contributed by atoms with Crippen LogP contribution in [-0.2, 0) is 0 Å². The van der Waals surface area contributed by atoms with Crippen LogP contribution in [0, 0.1) is 17.1 Å². The number of nitrogens with zero attached hydrogens (tertiary/aromatic N) is 7. The Morgan fingerprint density at radius 1 is 1.13 bits per heavy atom. The minimum absolute atomic E-state index is 0.00328. The first-order chi connectivity index (χ1) is 18.8. The number of hydrogen-bond acceptors (Lipinski definition) is 8. The molecule has 2 aromatic heterocycles. The van der Waals surface area contributed by atoms with E-state index in [0.29, 0.717) is 16.9 Å². The molecule has 39 heavy (non-hydrogen) atoms. The van der Waals surface area contributed by atoms with E-state index in [9.17, 15) is 9.65 Å². The van der Waals surface area contributed by atoms with Crippen molar-refractivity contribution >= 4 is 51.1 Å². The van der Waals surface area contributed by atoms with E-state index in [1.54, 1.807) is 24.8 Å². The highest BCUT2D eigenvalue weighted by molar-refractivity contribution is 6.31. The summed E-state index contributed by atoms with van der Waals surface area (Å²) in [6.45, 7) is 5.79. The minimum Gasteiger partial charge on any atom is -0.367 e. The Morgan fingerprint density at radius 3 is 2.59 bits per heavy atom. The molecule has 5 rings (SSSR count). The summed E-state index contributed by atoms with van der Waals surface area (Å²) < 4.78 is 13.8. The van der Waals surface area contributed by atoms with Crippen molar-refractivity contribution in [1.29, 1.82) is 5.26 Å². The number of aromatic amines is 1. The van der Waals surface area contributed by atoms with E-state index in [1.165, 1.54) is 12.1 Å². The molecule has 0 aliphatic carbocycles. The molecule has 1 aliphatic heterocycles. The van der Waals surface area contributed by atoms with E-state index >= 15 is 0 Å². The lowest BCUT2D eigenvalue weighted by atomic mass is 10.1. The number of aromatic nitrogens is 3. The van der Waals surface area contributed by atoms with Gasteiger partial charge in [-0.2, -0.15) is 5.26 Å². The fourth-order valence-electron chi connectivity index (χ4n) is 4.79. The van der Waals surface area contributed by atoms with E-state index in [2.05, 4.69) is 66.1 Å². The molecule has 1 saturated heterocycles. The molecule has 0 spiro atoms. The van der Waals surface area contributed by atoms with Crippen molar-refractivity contribution in [2.45, 2.75) is 0 Å². The molecule has 4 aromatic rings. The van der Waals surface area contributed by atoms with Crippen molar-refractivity contribution in [2.24, 2.45) is 0 Å². The topological polar surface area (TPSA) is 90.3 Å². The number of halogens is 2. The summed E-state index contributed by atoms with van der Waals surface area (Å²) in [5.41, 5.74) is 4.29. The number of hydrogen-bond donors (Lipinski definition) is 2. The van der Waals surface area contributed by atoms with Gasteiger partial charge in [0.2, 0.25) is 0 Å². The molecule has 202 valence electrons. The van der Waals surface area contributed by atoms with Crippen LogP contribution < -0.4 is 15.1 Å². The van der Waals surface area contributed by atoms with Gasteiger partial charge in [0.1, 0.15) is 17.7 Å². The summed E-state index contributed by atoms with van der Waals surface area (Å²) >= 11 is 6.03. The smallest absolute Gasteiger partial charge is 0.141 e. The number of likely N-dealkylation sites (N-methyl/N-ethyl adjacent to an activating group) is 1. The van der Waals surface area contributed by atoms with Gasteiger partial charge < -0.3 is 25.0 Å². The number of pyridine rings is 1. The molecule has 0 unspecified atom stereocenters. The Hall–Kier alpha value is -3.91. The molecule has 0 atom stereocenters. The van der Waals surface area contributed by atoms with Gasteiger partial charge >= 0.3 is 0 Å². The van der Waals surface area contributed by atoms with E-state index < -0.39 is 5.82 Å². The molecular formula is C28H31ClFN9. The second-order valence-electron chi connectivity index (χ2n) is 9.90. The maximum atomic E-state index is 13.8. The molecule has 1 aliphatic rings. The number of benzene rings is 2. The van der Waals surface area contributed by atoms with E-state index in [0.717, 1.165) is 67.4 Å². The van der Waals surface area contributed by atoms with Gasteiger partial charge in [0.15, 0.2) is 0 Å². The highest BCUT2D eigenvalue weighted by Gasteiger charge is 2.23. The first kappa shape index (κ1) is 26.7. The molecule has 0 saturated carbocycles. The van der Waals surface area contributed by atoms with Crippen LogP contribution in [0.5, 0.6) is 0 Å². The molecule has 11 heteroatoms. The molecule has 0 amide bonds. The third kappa shape index (κ3) is 5.76. The average molecular weight is 548 g/mol. The Kier molecular flexibility index (Phi) is 7.84. The van der Waals surface area contributed by atoms with Crippen LogP contribution in [0.15, 0.2) is 49.1 Å². The molecular weight excluding hydrogens is 517 g/mol. The number of H-pyrrole nitrogens is 1. The first-order valence-electron chi connectivity index (χ1n) is 12.8. The molecule has 0 radical (unpaired) electrons. The van der Waals surface area contributed by atoms with Gasteiger partial charge in [0.25, 0.3) is 0 Å². The molecule has 9 nitrogen and oxygen atoms in total. The SMILES string of the molecule is CN(C)CCN1CCN(c2cc3ncc(C#N)c(Nc4ccc(F)c(Cl)c4)c3cc2N(C)c2cnc[nH]2)CC1. The molecule has 3 heterocycles. The fraction of sp³-hybridized carbons (Fsp3) is 0.321. The summed E-state index contributed by atoms with van der Waals surface area (Å²) in [6, 6.07) is 10.8. The lowest BCUT2D eigenvalue weighted by Gasteiger charge is -2.38. The van der Waals surface area contributed by atoms with Crippen LogP contribution in [0.4, 0.5) is 33.0 Å². The molecule has 2 N–H and O–H groups in total. The lowest BCUT2D eigenvalue weighted by Crippen LogP contribution is -2.48. The quantitative estimate of drug-likeness (QED) is 0.324. The van der Waals surface area contributed by atoms with Crippen LogP contribution in [0.25, 0.3) is 10.9 Å². The minimum atomic E-state index is -0.503. The van der Waals surface area contributed by atoms with E-state index in [4.69, 9.17) is 11.6 Å². The number of anilines is 5. The van der Waals surface area contributed by atoms with Crippen molar-refractivity contribution in [3.8, 4) is 6.07 Å². The van der Waals surface area contributed by atoms with Gasteiger partial charge in [0.05, 0.1) is 45.7 Å². The van der Waals surface area contributed by atoms with Gasteiger partial charge in [-0.3, -0.25) is 9.88 Å². The Morgan fingerprint density at radius 2 is 1.92 bits per heavy atom. The zero-order valence-electron chi connectivity index (χ0n) is 22.2. The van der Waals surface area contributed by atoms with Crippen LogP contribution in [0.3, 0.4) is 0 Å². The maximum absolute atomic E-state index is 13.8. The van der Waals surface area contributed by atoms with Crippen LogP contribution in [-0.4, -0.2) is 85.2 Å². The second-order valence-corrected chi connectivity index (χ2v) is 10.3. The monoisotopic (exact) mass is 547 g/mol. The normalized spacial score (nSPS) is 14.1. The van der Waals surface area contributed by atoms with Gasteiger partial charge in [-0.1, -0.05) is 11.6 Å². The third-order valence-corrected chi connectivity index (χ3v) is 7.35. The number of nitriles is 1. The highest BCUT2D eigenvalue weighted by Crippen LogP contribution is 2.40. The van der Waals surface area contributed by atoms with Crippen molar-refractivity contribution in [2.75, 3.05) is 75.5 Å². The van der Waals surface area contributed by atoms with Gasteiger partial charge in [-0.05, 0) is 44.4 Å². The molecule has 0 bridgehead atoms. The van der Waals surface area contributed by atoms with Crippen LogP contribution in [0.1, 0.15) is 5.56 Å². The average Bonchev–Trinajstić information content (AvgIpc) is 3.48. The molecule has 2 aromatic carbocycles. The number of piperazine rings is 1. The predicted octanol–water partition coefficient (Wildman–Crippen LogP) is 4.82. The van der Waals surface area contributed by atoms with Gasteiger partial charge in [-0.15, -0.1) is 0 Å². The zero-order valence-corrected chi connectivity index (χ0v) is 23.0. The summed E-state index contributed by atoms with van der Waals surface area (Å²) in [5.74, 6) is 0.335. The van der Waals surface area contributed by atoms with Crippen molar-refractivity contribution in [3.63, 3.8) is 0 Å². The highest BCUT2D eigenvalue weighted by atomic mass is 35.5. The summed E-state index contributed by atoms with van der Waals surface area (Å²) in [4.78, 5) is 21.2. The Bertz CT molecular complexity index is 1490. The van der Waals surface area contributed by atoms with Gasteiger partial charge in [-0.25, -0.2) is 9.37 Å². The van der Waals surface area contributed by atoms with E-state index in [-0.39, 0.29) is 5.02 Å². The predicted molar refractivity (Wildman–Crippen MR) is 155 cm³/mol. The van der Waals surface area contributed by atoms with Crippen molar-refractivity contribution in [1.82, 2.24) is 24.8 Å². The van der Waals surface area contributed by atoms with Crippen molar-refractivity contribution in [3.05, 3.63) is 65.5 Å². The number of rotatable bonds is 8. The Balaban J connectivity index is 1.57. The van der Waals surface area contributed by atoms with Crippen LogP contribution >= 0.6 is 11.6 Å². The third-order valence-electron chi connectivity index (χ3n) is 7.06. The van der Waals surface area contributed by atoms with Crippen molar-refractivity contribution < 1.29 is 4.39 Å². The zero-order chi connectivity index (χ0) is 27.5. The van der Waals surface area contributed by atoms with Gasteiger partial charge in [0, 0.05) is 63.6 Å². The second kappa shape index (κ2) is 11.5. The fourth-order valence-corrected chi connectivity index (χ4v) is 4.97.